The fraction of sp³-hybridized carbons (Fsp3) is 0.300. The van der Waals surface area contributed by atoms with E-state index in [2.05, 4.69) is 5.32 Å². The Balaban J connectivity index is 2.87. The molecule has 0 spiro atoms. The second kappa shape index (κ2) is 5.09. The molecule has 1 amide bonds. The summed E-state index contributed by atoms with van der Waals surface area (Å²) in [5.74, 6) is -1.14. The molecule has 82 valence electrons. The average molecular weight is 232 g/mol. The van der Waals surface area contributed by atoms with E-state index in [9.17, 15) is 9.18 Å². The molecule has 0 aliphatic carbocycles. The van der Waals surface area contributed by atoms with Crippen molar-refractivity contribution < 1.29 is 14.3 Å². The van der Waals surface area contributed by atoms with Crippen LogP contribution in [0.15, 0.2) is 18.2 Å². The van der Waals surface area contributed by atoms with E-state index in [1.807, 2.05) is 0 Å². The van der Waals surface area contributed by atoms with Gasteiger partial charge >= 0.3 is 0 Å². The van der Waals surface area contributed by atoms with Crippen LogP contribution < -0.4 is 5.32 Å². The number of amides is 1. The van der Waals surface area contributed by atoms with Gasteiger partial charge in [-0.15, -0.1) is 0 Å². The number of aliphatic hydroxyl groups excluding tert-OH is 1. The molecular weight excluding hydrogens is 221 g/mol. The van der Waals surface area contributed by atoms with Crippen molar-refractivity contribution in [1.29, 1.82) is 0 Å². The molecule has 0 heterocycles. The van der Waals surface area contributed by atoms with Gasteiger partial charge in [-0.3, -0.25) is 4.79 Å². The summed E-state index contributed by atoms with van der Waals surface area (Å²) in [6, 6.07) is 3.61. The summed E-state index contributed by atoms with van der Waals surface area (Å²) in [6.07, 6.45) is 0. The Morgan fingerprint density at radius 2 is 2.33 bits per heavy atom. The Kier molecular flexibility index (Phi) is 4.05. The van der Waals surface area contributed by atoms with E-state index in [1.54, 1.807) is 6.92 Å². The van der Waals surface area contributed by atoms with E-state index in [1.165, 1.54) is 18.2 Å². The molecule has 0 saturated heterocycles. The van der Waals surface area contributed by atoms with Gasteiger partial charge in [-0.25, -0.2) is 4.39 Å². The molecule has 0 aliphatic rings. The number of nitrogens with one attached hydrogen (secondary N) is 1. The number of aliphatic hydroxyl groups is 1. The van der Waals surface area contributed by atoms with Gasteiger partial charge in [0.1, 0.15) is 5.82 Å². The molecule has 2 N–H and O–H groups in total. The fourth-order valence-electron chi connectivity index (χ4n) is 1.03. The van der Waals surface area contributed by atoms with Crippen molar-refractivity contribution >= 4 is 17.5 Å². The highest BCUT2D eigenvalue weighted by Crippen LogP contribution is 2.19. The highest BCUT2D eigenvalue weighted by molar-refractivity contribution is 6.34. The Bertz CT molecular complexity index is 370. The minimum absolute atomic E-state index is 0.0666. The van der Waals surface area contributed by atoms with Crippen LogP contribution in [0.3, 0.4) is 0 Å². The van der Waals surface area contributed by atoms with Crippen molar-refractivity contribution in [2.24, 2.45) is 0 Å². The number of hydrogen-bond donors (Lipinski definition) is 2. The molecule has 0 radical (unpaired) electrons. The summed E-state index contributed by atoms with van der Waals surface area (Å²) < 4.78 is 13.0. The first kappa shape index (κ1) is 11.9. The standard InChI is InChI=1S/C10H11ClFNO2/c1-6(5-14)13-10(15)7-3-2-4-8(12)9(7)11/h2-4,6,14H,5H2,1H3,(H,13,15)/t6-/m1/s1. The zero-order valence-corrected chi connectivity index (χ0v) is 8.88. The van der Waals surface area contributed by atoms with Crippen LogP contribution in [0.25, 0.3) is 0 Å². The van der Waals surface area contributed by atoms with Crippen LogP contribution in [0.4, 0.5) is 4.39 Å². The second-order valence-corrected chi connectivity index (χ2v) is 3.54. The van der Waals surface area contributed by atoms with E-state index >= 15 is 0 Å². The lowest BCUT2D eigenvalue weighted by atomic mass is 10.2. The van der Waals surface area contributed by atoms with Gasteiger partial charge in [0, 0.05) is 6.04 Å². The number of benzene rings is 1. The van der Waals surface area contributed by atoms with Gasteiger partial charge in [-0.1, -0.05) is 17.7 Å². The monoisotopic (exact) mass is 231 g/mol. The first-order valence-electron chi connectivity index (χ1n) is 4.42. The fourth-order valence-corrected chi connectivity index (χ4v) is 1.24. The summed E-state index contributed by atoms with van der Waals surface area (Å²) in [7, 11) is 0. The maximum absolute atomic E-state index is 13.0. The number of hydrogen-bond acceptors (Lipinski definition) is 2. The molecule has 0 bridgehead atoms. The molecule has 1 rings (SSSR count). The molecule has 15 heavy (non-hydrogen) atoms. The first-order chi connectivity index (χ1) is 7.06. The van der Waals surface area contributed by atoms with E-state index in [0.29, 0.717) is 0 Å². The van der Waals surface area contributed by atoms with Gasteiger partial charge in [0.05, 0.1) is 17.2 Å². The Hall–Kier alpha value is -1.13. The minimum Gasteiger partial charge on any atom is -0.394 e. The summed E-state index contributed by atoms with van der Waals surface area (Å²) in [4.78, 5) is 11.5. The third kappa shape index (κ3) is 2.91. The Labute approximate surface area is 91.9 Å². The zero-order valence-electron chi connectivity index (χ0n) is 8.13. The second-order valence-electron chi connectivity index (χ2n) is 3.16. The highest BCUT2D eigenvalue weighted by atomic mass is 35.5. The van der Waals surface area contributed by atoms with Crippen LogP contribution in [0.2, 0.25) is 5.02 Å². The molecule has 0 aliphatic heterocycles. The van der Waals surface area contributed by atoms with Gasteiger partial charge in [0.2, 0.25) is 0 Å². The minimum atomic E-state index is -0.638. The van der Waals surface area contributed by atoms with Crippen LogP contribution in [0, 0.1) is 5.82 Å². The molecule has 0 unspecified atom stereocenters. The summed E-state index contributed by atoms with van der Waals surface area (Å²) in [5, 5.41) is 11.0. The Morgan fingerprint density at radius 3 is 2.93 bits per heavy atom. The van der Waals surface area contributed by atoms with Gasteiger partial charge < -0.3 is 10.4 Å². The molecule has 1 atom stereocenters. The Morgan fingerprint density at radius 1 is 1.67 bits per heavy atom. The maximum atomic E-state index is 13.0. The third-order valence-corrected chi connectivity index (χ3v) is 2.23. The van der Waals surface area contributed by atoms with Crippen LogP contribution in [-0.4, -0.2) is 23.7 Å². The van der Waals surface area contributed by atoms with E-state index in [-0.39, 0.29) is 17.2 Å². The van der Waals surface area contributed by atoms with Gasteiger partial charge in [0.25, 0.3) is 5.91 Å². The lowest BCUT2D eigenvalue weighted by molar-refractivity contribution is 0.0922. The molecule has 1 aromatic rings. The average Bonchev–Trinajstić information content (AvgIpc) is 2.21. The SMILES string of the molecule is C[C@H](CO)NC(=O)c1cccc(F)c1Cl. The van der Waals surface area contributed by atoms with Crippen molar-refractivity contribution in [2.45, 2.75) is 13.0 Å². The quantitative estimate of drug-likeness (QED) is 0.830. The largest absolute Gasteiger partial charge is 0.394 e. The van der Waals surface area contributed by atoms with E-state index < -0.39 is 17.8 Å². The van der Waals surface area contributed by atoms with Crippen LogP contribution in [0.5, 0.6) is 0 Å². The van der Waals surface area contributed by atoms with Crippen molar-refractivity contribution in [1.82, 2.24) is 5.32 Å². The normalized spacial score (nSPS) is 12.3. The highest BCUT2D eigenvalue weighted by Gasteiger charge is 2.14. The zero-order chi connectivity index (χ0) is 11.4. The van der Waals surface area contributed by atoms with Gasteiger partial charge in [0.15, 0.2) is 0 Å². The van der Waals surface area contributed by atoms with E-state index in [0.717, 1.165) is 0 Å². The van der Waals surface area contributed by atoms with Crippen LogP contribution >= 0.6 is 11.6 Å². The van der Waals surface area contributed by atoms with Crippen LogP contribution in [0.1, 0.15) is 17.3 Å². The lowest BCUT2D eigenvalue weighted by Crippen LogP contribution is -2.35. The smallest absolute Gasteiger partial charge is 0.253 e. The molecule has 0 fully saturated rings. The summed E-state index contributed by atoms with van der Waals surface area (Å²) in [6.45, 7) is 1.45. The number of carbonyl (C=O) groups is 1. The molecule has 0 saturated carbocycles. The number of rotatable bonds is 3. The number of halogens is 2. The topological polar surface area (TPSA) is 49.3 Å². The van der Waals surface area contributed by atoms with Gasteiger partial charge in [-0.05, 0) is 19.1 Å². The molecule has 5 heteroatoms. The first-order valence-corrected chi connectivity index (χ1v) is 4.79. The lowest BCUT2D eigenvalue weighted by Gasteiger charge is -2.11. The maximum Gasteiger partial charge on any atom is 0.253 e. The summed E-state index contributed by atoms with van der Waals surface area (Å²) in [5.41, 5.74) is 0.0666. The molecule has 0 aromatic heterocycles. The van der Waals surface area contributed by atoms with Gasteiger partial charge in [-0.2, -0.15) is 0 Å². The van der Waals surface area contributed by atoms with E-state index in [4.69, 9.17) is 16.7 Å². The van der Waals surface area contributed by atoms with Crippen molar-refractivity contribution in [2.75, 3.05) is 6.61 Å². The van der Waals surface area contributed by atoms with Crippen LogP contribution in [-0.2, 0) is 0 Å². The van der Waals surface area contributed by atoms with Crippen molar-refractivity contribution in [3.05, 3.63) is 34.6 Å². The van der Waals surface area contributed by atoms with Crippen molar-refractivity contribution in [3.63, 3.8) is 0 Å². The number of carbonyl (C=O) groups excluding carboxylic acids is 1. The molecular formula is C10H11ClFNO2. The predicted molar refractivity (Wildman–Crippen MR) is 55.4 cm³/mol. The van der Waals surface area contributed by atoms with Crippen molar-refractivity contribution in [3.8, 4) is 0 Å². The predicted octanol–water partition coefficient (Wildman–Crippen LogP) is 1.59. The summed E-state index contributed by atoms with van der Waals surface area (Å²) >= 11 is 5.62. The molecule has 3 nitrogen and oxygen atoms in total. The third-order valence-electron chi connectivity index (χ3n) is 1.85. The molecule has 1 aromatic carbocycles.